The molecule has 1 aromatic rings. The zero-order chi connectivity index (χ0) is 12.8. The van der Waals surface area contributed by atoms with Gasteiger partial charge in [0.05, 0.1) is 11.4 Å². The number of aromatic nitrogens is 3. The lowest BCUT2D eigenvalue weighted by atomic mass is 9.96. The summed E-state index contributed by atoms with van der Waals surface area (Å²) in [6.07, 6.45) is 3.76. The van der Waals surface area contributed by atoms with Gasteiger partial charge in [-0.05, 0) is 26.0 Å². The molecule has 1 heterocycles. The van der Waals surface area contributed by atoms with E-state index in [0.29, 0.717) is 12.1 Å². The summed E-state index contributed by atoms with van der Waals surface area (Å²) >= 11 is 3.53. The fourth-order valence-corrected chi connectivity index (χ4v) is 1.86. The summed E-state index contributed by atoms with van der Waals surface area (Å²) in [5.41, 5.74) is 0.0889. The molecule has 0 saturated carbocycles. The predicted octanol–water partition coefficient (Wildman–Crippen LogP) is 2.91. The Morgan fingerprint density at radius 2 is 1.94 bits per heavy atom. The van der Waals surface area contributed by atoms with Crippen LogP contribution >= 0.6 is 12.6 Å². The topological polar surface area (TPSA) is 30.7 Å². The molecule has 0 spiro atoms. The molecule has 0 aliphatic heterocycles. The lowest BCUT2D eigenvalue weighted by Gasteiger charge is -2.20. The highest BCUT2D eigenvalue weighted by atomic mass is 32.1. The van der Waals surface area contributed by atoms with Crippen LogP contribution in [0.3, 0.4) is 0 Å². The van der Waals surface area contributed by atoms with E-state index < -0.39 is 5.67 Å². The minimum atomic E-state index is -1.31. The van der Waals surface area contributed by atoms with Crippen molar-refractivity contribution in [2.24, 2.45) is 7.05 Å². The normalized spacial score (nSPS) is 13.9. The van der Waals surface area contributed by atoms with Crippen LogP contribution in [-0.4, -0.2) is 21.2 Å². The smallest absolute Gasteiger partial charge is 0.151 e. The minimum Gasteiger partial charge on any atom is -0.249 e. The van der Waals surface area contributed by atoms with Crippen LogP contribution < -0.4 is 0 Å². The van der Waals surface area contributed by atoms with Gasteiger partial charge in [0.2, 0.25) is 0 Å². The summed E-state index contributed by atoms with van der Waals surface area (Å²) < 4.78 is 15.8. The average molecular weight is 247 g/mol. The van der Waals surface area contributed by atoms with Crippen LogP contribution in [0.25, 0.3) is 0 Å². The van der Waals surface area contributed by atoms with Crippen molar-refractivity contribution in [2.45, 2.75) is 45.7 Å². The molecule has 0 radical (unpaired) electrons. The monoisotopic (exact) mass is 247 g/mol. The number of alkyl halides is 1. The van der Waals surface area contributed by atoms with Crippen LogP contribution in [-0.2, 0) is 19.1 Å². The highest BCUT2D eigenvalue weighted by molar-refractivity contribution is 7.79. The van der Waals surface area contributed by atoms with Crippen molar-refractivity contribution in [3.63, 3.8) is 0 Å². The molecule has 1 atom stereocenters. The van der Waals surface area contributed by atoms with Gasteiger partial charge in [0, 0.05) is 7.05 Å². The standard InChI is InChI=1S/C10H18FN3.CH4S/c1-5-7-10(3,11)9-8(6-2)12-13-14(9)4;1-2/h5-7H2,1-4H3;2H,1H3. The van der Waals surface area contributed by atoms with Crippen LogP contribution in [0, 0.1) is 0 Å². The van der Waals surface area contributed by atoms with Gasteiger partial charge < -0.3 is 0 Å². The molecule has 1 rings (SSSR count). The molecule has 1 aromatic heterocycles. The van der Waals surface area contributed by atoms with Gasteiger partial charge in [-0.15, -0.1) is 5.10 Å². The molecule has 0 aliphatic carbocycles. The van der Waals surface area contributed by atoms with E-state index in [1.54, 1.807) is 24.9 Å². The number of rotatable bonds is 4. The molecule has 0 saturated heterocycles. The van der Waals surface area contributed by atoms with Crippen LogP contribution in [0.5, 0.6) is 0 Å². The Labute approximate surface area is 103 Å². The number of halogens is 1. The molecule has 0 amide bonds. The first-order chi connectivity index (χ1) is 7.53. The SMILES string of the molecule is CCCC(C)(F)c1c(CC)nnn1C.CS. The van der Waals surface area contributed by atoms with Crippen LogP contribution in [0.2, 0.25) is 0 Å². The van der Waals surface area contributed by atoms with E-state index in [4.69, 9.17) is 0 Å². The van der Waals surface area contributed by atoms with Crippen molar-refractivity contribution in [1.29, 1.82) is 0 Å². The van der Waals surface area contributed by atoms with Crippen LogP contribution in [0.4, 0.5) is 4.39 Å². The lowest BCUT2D eigenvalue weighted by Crippen LogP contribution is -2.21. The van der Waals surface area contributed by atoms with Crippen molar-refractivity contribution in [3.8, 4) is 0 Å². The Hall–Kier alpha value is -0.580. The molecule has 3 nitrogen and oxygen atoms in total. The van der Waals surface area contributed by atoms with Crippen molar-refractivity contribution in [3.05, 3.63) is 11.4 Å². The second kappa shape index (κ2) is 6.89. The molecule has 0 aliphatic rings. The Balaban J connectivity index is 0.00000106. The average Bonchev–Trinajstić information content (AvgIpc) is 2.63. The highest BCUT2D eigenvalue weighted by Gasteiger charge is 2.31. The van der Waals surface area contributed by atoms with Gasteiger partial charge in [0.25, 0.3) is 0 Å². The van der Waals surface area contributed by atoms with Gasteiger partial charge in [-0.25, -0.2) is 9.07 Å². The third kappa shape index (κ3) is 3.47. The minimum absolute atomic E-state index is 0.515. The second-order valence-corrected chi connectivity index (χ2v) is 3.81. The van der Waals surface area contributed by atoms with E-state index in [-0.39, 0.29) is 0 Å². The molecule has 0 aromatic carbocycles. The first-order valence-corrected chi connectivity index (χ1v) is 6.45. The van der Waals surface area contributed by atoms with Gasteiger partial charge in [-0.2, -0.15) is 12.6 Å². The van der Waals surface area contributed by atoms with E-state index in [1.165, 1.54) is 0 Å². The van der Waals surface area contributed by atoms with Crippen molar-refractivity contribution >= 4 is 12.6 Å². The lowest BCUT2D eigenvalue weighted by molar-refractivity contribution is 0.161. The molecule has 5 heteroatoms. The third-order valence-electron chi connectivity index (χ3n) is 2.44. The maximum atomic E-state index is 14.3. The van der Waals surface area contributed by atoms with Gasteiger partial charge in [-0.3, -0.25) is 0 Å². The van der Waals surface area contributed by atoms with Gasteiger partial charge in [0.1, 0.15) is 0 Å². The maximum Gasteiger partial charge on any atom is 0.151 e. The van der Waals surface area contributed by atoms with E-state index in [9.17, 15) is 4.39 Å². The first-order valence-electron chi connectivity index (χ1n) is 5.55. The number of hydrogen-bond donors (Lipinski definition) is 1. The zero-order valence-corrected chi connectivity index (χ0v) is 11.7. The molecule has 1 unspecified atom stereocenters. The molecule has 0 N–H and O–H groups in total. The summed E-state index contributed by atoms with van der Waals surface area (Å²) in [5.74, 6) is 0. The zero-order valence-electron chi connectivity index (χ0n) is 10.8. The molecule has 0 bridgehead atoms. The summed E-state index contributed by atoms with van der Waals surface area (Å²) in [7, 11) is 1.75. The molecule has 16 heavy (non-hydrogen) atoms. The predicted molar refractivity (Wildman–Crippen MR) is 68.7 cm³/mol. The Morgan fingerprint density at radius 1 is 1.38 bits per heavy atom. The summed E-state index contributed by atoms with van der Waals surface area (Å²) in [4.78, 5) is 0. The van der Waals surface area contributed by atoms with Gasteiger partial charge >= 0.3 is 0 Å². The molecule has 94 valence electrons. The summed E-state index contributed by atoms with van der Waals surface area (Å²) in [5, 5.41) is 7.82. The molecule has 0 fully saturated rings. The Morgan fingerprint density at radius 3 is 2.38 bits per heavy atom. The fourth-order valence-electron chi connectivity index (χ4n) is 1.86. The summed E-state index contributed by atoms with van der Waals surface area (Å²) in [6, 6.07) is 0. The first kappa shape index (κ1) is 15.4. The van der Waals surface area contributed by atoms with E-state index in [1.807, 2.05) is 13.8 Å². The van der Waals surface area contributed by atoms with Crippen molar-refractivity contribution in [2.75, 3.05) is 6.26 Å². The number of aryl methyl sites for hydroxylation is 2. The quantitative estimate of drug-likeness (QED) is 0.829. The number of nitrogens with zero attached hydrogens (tertiary/aromatic N) is 3. The van der Waals surface area contributed by atoms with Crippen LogP contribution in [0.15, 0.2) is 0 Å². The summed E-state index contributed by atoms with van der Waals surface area (Å²) in [6.45, 7) is 5.55. The fraction of sp³-hybridized carbons (Fsp3) is 0.818. The van der Waals surface area contributed by atoms with Gasteiger partial charge in [-0.1, -0.05) is 25.5 Å². The third-order valence-corrected chi connectivity index (χ3v) is 2.44. The van der Waals surface area contributed by atoms with Crippen molar-refractivity contribution in [1.82, 2.24) is 15.0 Å². The Kier molecular flexibility index (Phi) is 6.64. The molecular weight excluding hydrogens is 225 g/mol. The Bertz CT molecular complexity index is 310. The van der Waals surface area contributed by atoms with Crippen LogP contribution in [0.1, 0.15) is 45.0 Å². The van der Waals surface area contributed by atoms with Crippen molar-refractivity contribution < 1.29 is 4.39 Å². The van der Waals surface area contributed by atoms with E-state index in [2.05, 4.69) is 22.9 Å². The highest BCUT2D eigenvalue weighted by Crippen LogP contribution is 2.31. The van der Waals surface area contributed by atoms with Gasteiger partial charge in [0.15, 0.2) is 5.67 Å². The van der Waals surface area contributed by atoms with E-state index in [0.717, 1.165) is 18.5 Å². The number of thiol groups is 1. The van der Waals surface area contributed by atoms with E-state index >= 15 is 0 Å². The largest absolute Gasteiger partial charge is 0.249 e. The number of hydrogen-bond acceptors (Lipinski definition) is 3. The maximum absolute atomic E-state index is 14.3. The molecular formula is C11H22FN3S. The second-order valence-electron chi connectivity index (χ2n) is 3.81.